The molecule has 0 spiro atoms. The zero-order valence-electron chi connectivity index (χ0n) is 18.2. The van der Waals surface area contributed by atoms with Crippen molar-refractivity contribution in [1.29, 1.82) is 0 Å². The van der Waals surface area contributed by atoms with Crippen molar-refractivity contribution in [3.8, 4) is 22.8 Å². The number of para-hydroxylation sites is 2. The third kappa shape index (κ3) is 5.30. The summed E-state index contributed by atoms with van der Waals surface area (Å²) in [7, 11) is 0. The van der Waals surface area contributed by atoms with E-state index in [1.807, 2.05) is 0 Å². The molecule has 9 nitrogen and oxygen atoms in total. The maximum Gasteiger partial charge on any atom is 0.430 e. The second-order valence-corrected chi connectivity index (χ2v) is 7.12. The number of carbonyl (C=O) groups excluding carboxylic acids is 2. The van der Waals surface area contributed by atoms with Gasteiger partial charge in [-0.1, -0.05) is 36.4 Å². The predicted octanol–water partition coefficient (Wildman–Crippen LogP) is 6.14. The molecule has 1 heterocycles. The number of hydrogen-bond donors (Lipinski definition) is 0. The average Bonchev–Trinajstić information content (AvgIpc) is 2.85. The second kappa shape index (κ2) is 10.4. The maximum atomic E-state index is 14.4. The van der Waals surface area contributed by atoms with Crippen LogP contribution in [0.25, 0.3) is 11.3 Å². The number of amides is 2. The Labute approximate surface area is 202 Å². The zero-order valence-corrected chi connectivity index (χ0v) is 18.2. The third-order valence-corrected chi connectivity index (χ3v) is 4.73. The molecule has 180 valence electrons. The largest absolute Gasteiger partial charge is 0.430 e. The maximum absolute atomic E-state index is 14.4. The topological polar surface area (TPSA) is 112 Å². The van der Waals surface area contributed by atoms with Gasteiger partial charge in [-0.2, -0.15) is 4.90 Å². The number of carbonyl (C=O) groups is 2. The van der Waals surface area contributed by atoms with Crippen LogP contribution in [0.15, 0.2) is 91.0 Å². The lowest BCUT2D eigenvalue weighted by molar-refractivity contribution is -0.384. The number of benzene rings is 3. The van der Waals surface area contributed by atoms with E-state index in [0.29, 0.717) is 6.07 Å². The van der Waals surface area contributed by atoms with Crippen molar-refractivity contribution in [2.24, 2.45) is 0 Å². The van der Waals surface area contributed by atoms with E-state index < -0.39 is 40.2 Å². The van der Waals surface area contributed by atoms with Gasteiger partial charge in [0.05, 0.1) is 10.6 Å². The molecule has 11 heteroatoms. The number of nitrogens with zero attached hydrogens (tertiary/aromatic N) is 3. The molecule has 4 rings (SSSR count). The molecule has 2 amide bonds. The normalized spacial score (nSPS) is 10.4. The van der Waals surface area contributed by atoms with Gasteiger partial charge in [-0.05, 0) is 42.5 Å². The van der Waals surface area contributed by atoms with Gasteiger partial charge in [0.15, 0.2) is 0 Å². The van der Waals surface area contributed by atoms with E-state index in [1.54, 1.807) is 36.4 Å². The lowest BCUT2D eigenvalue weighted by Crippen LogP contribution is -2.42. The molecule has 0 saturated heterocycles. The molecule has 0 aliphatic rings. The number of halogens is 2. The van der Waals surface area contributed by atoms with Crippen molar-refractivity contribution in [3.05, 3.63) is 113 Å². The third-order valence-electron chi connectivity index (χ3n) is 4.73. The van der Waals surface area contributed by atoms with Gasteiger partial charge >= 0.3 is 17.9 Å². The zero-order chi connectivity index (χ0) is 25.7. The quantitative estimate of drug-likeness (QED) is 0.243. The summed E-state index contributed by atoms with van der Waals surface area (Å²) in [6.07, 6.45) is -2.73. The summed E-state index contributed by atoms with van der Waals surface area (Å²) in [5.74, 6) is -2.58. The first kappa shape index (κ1) is 24.0. The fraction of sp³-hybridized carbons (Fsp3) is 0. The molecule has 0 bridgehead atoms. The molecule has 0 fully saturated rings. The van der Waals surface area contributed by atoms with E-state index in [4.69, 9.17) is 9.47 Å². The Balaban J connectivity index is 1.83. The number of ether oxygens (including phenoxy) is 2. The molecule has 4 aromatic rings. The summed E-state index contributed by atoms with van der Waals surface area (Å²) in [6, 6.07) is 19.9. The number of imide groups is 1. The van der Waals surface area contributed by atoms with Crippen LogP contribution in [0.3, 0.4) is 0 Å². The summed E-state index contributed by atoms with van der Waals surface area (Å²) in [6.45, 7) is 0. The van der Waals surface area contributed by atoms with Crippen molar-refractivity contribution in [1.82, 2.24) is 4.98 Å². The fourth-order valence-corrected chi connectivity index (χ4v) is 3.11. The minimum Gasteiger partial charge on any atom is -0.410 e. The Morgan fingerprint density at radius 3 is 1.86 bits per heavy atom. The predicted molar refractivity (Wildman–Crippen MR) is 124 cm³/mol. The van der Waals surface area contributed by atoms with E-state index in [2.05, 4.69) is 4.98 Å². The first-order valence-electron chi connectivity index (χ1n) is 10.3. The molecule has 0 N–H and O–H groups in total. The summed E-state index contributed by atoms with van der Waals surface area (Å²) in [5.41, 5.74) is -1.20. The monoisotopic (exact) mass is 491 g/mol. The van der Waals surface area contributed by atoms with Gasteiger partial charge in [0.1, 0.15) is 23.1 Å². The van der Waals surface area contributed by atoms with Gasteiger partial charge in [0.2, 0.25) is 5.82 Å². The van der Waals surface area contributed by atoms with E-state index >= 15 is 0 Å². The lowest BCUT2D eigenvalue weighted by atomic mass is 10.1. The minimum absolute atomic E-state index is 0.0309. The molecular formula is C25H15F2N3O6. The summed E-state index contributed by atoms with van der Waals surface area (Å²) in [5, 5.41) is 11.8. The highest BCUT2D eigenvalue weighted by Gasteiger charge is 2.35. The van der Waals surface area contributed by atoms with Crippen LogP contribution in [-0.2, 0) is 0 Å². The Morgan fingerprint density at radius 2 is 1.36 bits per heavy atom. The van der Waals surface area contributed by atoms with Crippen molar-refractivity contribution >= 4 is 23.7 Å². The molecule has 0 radical (unpaired) electrons. The van der Waals surface area contributed by atoms with Crippen LogP contribution in [0, 0.1) is 21.7 Å². The number of anilines is 1. The highest BCUT2D eigenvalue weighted by atomic mass is 19.1. The van der Waals surface area contributed by atoms with Gasteiger partial charge in [0, 0.05) is 17.7 Å². The number of pyridine rings is 1. The van der Waals surface area contributed by atoms with Crippen LogP contribution in [-0.4, -0.2) is 22.1 Å². The molecule has 36 heavy (non-hydrogen) atoms. The molecule has 0 unspecified atom stereocenters. The SMILES string of the molecule is O=C(Oc1ccccc1)N(C(=O)Oc1ccccc1)c1nc(-c2ccc(F)cc2F)ccc1[N+](=O)[O-]. The minimum atomic E-state index is -1.37. The van der Waals surface area contributed by atoms with Crippen LogP contribution >= 0.6 is 0 Å². The smallest absolute Gasteiger partial charge is 0.410 e. The standard InChI is InChI=1S/C25H15F2N3O6/c26-16-11-12-19(20(27)15-16)21-13-14-22(30(33)34)23(28-21)29(24(31)35-17-7-3-1-4-8-17)25(32)36-18-9-5-2-6-10-18/h1-15H. The van der Waals surface area contributed by atoms with Crippen molar-refractivity contribution in [2.75, 3.05) is 4.90 Å². The van der Waals surface area contributed by atoms with E-state index in [9.17, 15) is 28.5 Å². The summed E-state index contributed by atoms with van der Waals surface area (Å²) >= 11 is 0. The number of hydrogen-bond acceptors (Lipinski definition) is 7. The van der Waals surface area contributed by atoms with Crippen molar-refractivity contribution in [2.45, 2.75) is 0 Å². The Morgan fingerprint density at radius 1 is 0.806 bits per heavy atom. The van der Waals surface area contributed by atoms with Gasteiger partial charge < -0.3 is 9.47 Å². The number of nitro groups is 1. The molecule has 3 aromatic carbocycles. The highest BCUT2D eigenvalue weighted by molar-refractivity contribution is 6.11. The highest BCUT2D eigenvalue weighted by Crippen LogP contribution is 2.32. The van der Waals surface area contributed by atoms with E-state index in [-0.39, 0.29) is 27.7 Å². The van der Waals surface area contributed by atoms with Crippen molar-refractivity contribution < 1.29 is 32.8 Å². The Hall–Kier alpha value is -5.19. The first-order chi connectivity index (χ1) is 17.3. The average molecular weight is 491 g/mol. The fourth-order valence-electron chi connectivity index (χ4n) is 3.11. The first-order valence-corrected chi connectivity index (χ1v) is 10.3. The van der Waals surface area contributed by atoms with Gasteiger partial charge in [-0.3, -0.25) is 10.1 Å². The molecule has 0 atom stereocenters. The Bertz CT molecular complexity index is 1380. The molecular weight excluding hydrogens is 476 g/mol. The van der Waals surface area contributed by atoms with E-state index in [0.717, 1.165) is 24.3 Å². The second-order valence-electron chi connectivity index (χ2n) is 7.12. The lowest BCUT2D eigenvalue weighted by Gasteiger charge is -2.19. The summed E-state index contributed by atoms with van der Waals surface area (Å²) in [4.78, 5) is 41.3. The van der Waals surface area contributed by atoms with Gasteiger partial charge in [0.25, 0.3) is 0 Å². The van der Waals surface area contributed by atoms with Crippen LogP contribution in [0.4, 0.5) is 29.9 Å². The number of rotatable bonds is 5. The molecule has 0 aliphatic carbocycles. The van der Waals surface area contributed by atoms with E-state index in [1.165, 1.54) is 24.3 Å². The molecule has 0 aliphatic heterocycles. The van der Waals surface area contributed by atoms with Gasteiger partial charge in [-0.25, -0.2) is 23.4 Å². The van der Waals surface area contributed by atoms with Gasteiger partial charge in [-0.15, -0.1) is 0 Å². The molecule has 0 saturated carbocycles. The van der Waals surface area contributed by atoms with Crippen LogP contribution in [0.5, 0.6) is 11.5 Å². The molecule has 1 aromatic heterocycles. The summed E-state index contributed by atoms with van der Waals surface area (Å²) < 4.78 is 38.2. The Kier molecular flexibility index (Phi) is 6.91. The number of aromatic nitrogens is 1. The van der Waals surface area contributed by atoms with Crippen molar-refractivity contribution in [3.63, 3.8) is 0 Å². The van der Waals surface area contributed by atoms with Crippen LogP contribution < -0.4 is 14.4 Å². The van der Waals surface area contributed by atoms with Crippen LogP contribution in [0.2, 0.25) is 0 Å². The van der Waals surface area contributed by atoms with Crippen LogP contribution in [0.1, 0.15) is 0 Å².